The maximum absolute atomic E-state index is 4.40. The summed E-state index contributed by atoms with van der Waals surface area (Å²) in [6.07, 6.45) is 5.73. The number of aromatic nitrogens is 2. The minimum absolute atomic E-state index is 0.645. The number of unbranched alkanes of at least 4 members (excludes halogenated alkanes) is 1. The van der Waals surface area contributed by atoms with Crippen molar-refractivity contribution in [3.63, 3.8) is 0 Å². The zero-order chi connectivity index (χ0) is 11.5. The topological polar surface area (TPSA) is 17.8 Å². The minimum atomic E-state index is 0.645. The summed E-state index contributed by atoms with van der Waals surface area (Å²) in [5.41, 5.74) is 3.74. The summed E-state index contributed by atoms with van der Waals surface area (Å²) < 4.78 is 2.07. The molecule has 2 aromatic rings. The van der Waals surface area contributed by atoms with Crippen LogP contribution in [0.2, 0.25) is 0 Å². The van der Waals surface area contributed by atoms with Gasteiger partial charge in [0.05, 0.1) is 17.4 Å². The van der Waals surface area contributed by atoms with Crippen LogP contribution in [-0.4, -0.2) is 9.55 Å². The number of hydrogen-bond acceptors (Lipinski definition) is 1. The van der Waals surface area contributed by atoms with Gasteiger partial charge < -0.3 is 4.57 Å². The normalized spacial score (nSPS) is 13.2. The first-order chi connectivity index (χ1) is 7.72. The number of imidazole rings is 1. The van der Waals surface area contributed by atoms with Crippen molar-refractivity contribution in [3.8, 4) is 0 Å². The fourth-order valence-electron chi connectivity index (χ4n) is 2.14. The Labute approximate surface area is 97.3 Å². The number of fused-ring (bicyclic) bond motifs is 1. The number of hydrogen-bond donors (Lipinski definition) is 0. The Kier molecular flexibility index (Phi) is 3.28. The summed E-state index contributed by atoms with van der Waals surface area (Å²) in [5.74, 6) is 0.645. The maximum Gasteiger partial charge on any atom is 0.0955 e. The molecule has 16 heavy (non-hydrogen) atoms. The number of benzene rings is 1. The minimum Gasteiger partial charge on any atom is -0.334 e. The lowest BCUT2D eigenvalue weighted by Gasteiger charge is -2.11. The number of nitrogens with zero attached hydrogens (tertiary/aromatic N) is 2. The van der Waals surface area contributed by atoms with Crippen molar-refractivity contribution < 1.29 is 0 Å². The first-order valence-electron chi connectivity index (χ1n) is 6.13. The van der Waals surface area contributed by atoms with Crippen LogP contribution in [0.4, 0.5) is 0 Å². The molecule has 0 aliphatic heterocycles. The van der Waals surface area contributed by atoms with Gasteiger partial charge >= 0.3 is 0 Å². The van der Waals surface area contributed by atoms with Crippen LogP contribution in [0.1, 0.15) is 44.6 Å². The second-order valence-electron chi connectivity index (χ2n) is 4.65. The van der Waals surface area contributed by atoms with Crippen molar-refractivity contribution in [3.05, 3.63) is 30.1 Å². The molecule has 0 spiro atoms. The van der Waals surface area contributed by atoms with Gasteiger partial charge in [-0.25, -0.2) is 4.98 Å². The molecule has 0 saturated carbocycles. The highest BCUT2D eigenvalue weighted by Gasteiger charge is 2.07. The van der Waals surface area contributed by atoms with Crippen molar-refractivity contribution in [1.82, 2.24) is 9.55 Å². The van der Waals surface area contributed by atoms with Crippen LogP contribution < -0.4 is 0 Å². The van der Waals surface area contributed by atoms with Gasteiger partial charge in [-0.2, -0.15) is 0 Å². The zero-order valence-corrected chi connectivity index (χ0v) is 10.4. The second kappa shape index (κ2) is 4.69. The van der Waals surface area contributed by atoms with Gasteiger partial charge in [0, 0.05) is 7.05 Å². The van der Waals surface area contributed by atoms with E-state index in [0.717, 1.165) is 5.52 Å². The molecular weight excluding hydrogens is 196 g/mol. The number of aryl methyl sites for hydroxylation is 1. The molecule has 1 aromatic heterocycles. The lowest BCUT2D eigenvalue weighted by Crippen LogP contribution is -1.93. The Bertz CT molecular complexity index is 471. The van der Waals surface area contributed by atoms with Crippen LogP contribution in [0.3, 0.4) is 0 Å². The molecule has 86 valence electrons. The molecule has 0 saturated heterocycles. The van der Waals surface area contributed by atoms with Gasteiger partial charge in [-0.1, -0.05) is 32.8 Å². The molecule has 0 radical (unpaired) electrons. The van der Waals surface area contributed by atoms with E-state index in [2.05, 4.69) is 41.6 Å². The monoisotopic (exact) mass is 216 g/mol. The van der Waals surface area contributed by atoms with Crippen LogP contribution in [0.5, 0.6) is 0 Å². The van der Waals surface area contributed by atoms with Crippen LogP contribution in [-0.2, 0) is 7.05 Å². The highest BCUT2D eigenvalue weighted by atomic mass is 15.0. The Hall–Kier alpha value is -1.31. The lowest BCUT2D eigenvalue weighted by atomic mass is 9.95. The average Bonchev–Trinajstić information content (AvgIpc) is 2.67. The van der Waals surface area contributed by atoms with E-state index in [-0.39, 0.29) is 0 Å². The molecule has 2 heteroatoms. The fourth-order valence-corrected chi connectivity index (χ4v) is 2.14. The van der Waals surface area contributed by atoms with Crippen LogP contribution in [0, 0.1) is 0 Å². The Morgan fingerprint density at radius 3 is 2.94 bits per heavy atom. The predicted octanol–water partition coefficient (Wildman–Crippen LogP) is 3.87. The molecule has 1 aromatic carbocycles. The third kappa shape index (κ3) is 2.11. The fraction of sp³-hybridized carbons (Fsp3) is 0.500. The summed E-state index contributed by atoms with van der Waals surface area (Å²) >= 11 is 0. The molecule has 0 N–H and O–H groups in total. The summed E-state index contributed by atoms with van der Waals surface area (Å²) in [4.78, 5) is 4.40. The quantitative estimate of drug-likeness (QED) is 0.758. The molecular formula is C14H20N2. The van der Waals surface area contributed by atoms with Crippen molar-refractivity contribution >= 4 is 11.0 Å². The van der Waals surface area contributed by atoms with E-state index >= 15 is 0 Å². The third-order valence-electron chi connectivity index (χ3n) is 3.31. The summed E-state index contributed by atoms with van der Waals surface area (Å²) in [6, 6.07) is 6.65. The second-order valence-corrected chi connectivity index (χ2v) is 4.65. The summed E-state index contributed by atoms with van der Waals surface area (Å²) in [7, 11) is 2.04. The number of rotatable bonds is 4. The molecule has 2 rings (SSSR count). The smallest absolute Gasteiger partial charge is 0.0955 e. The highest BCUT2D eigenvalue weighted by molar-refractivity contribution is 5.76. The van der Waals surface area contributed by atoms with E-state index in [1.54, 1.807) is 0 Å². The summed E-state index contributed by atoms with van der Waals surface area (Å²) in [6.45, 7) is 4.55. The molecule has 1 unspecified atom stereocenters. The molecule has 1 heterocycles. The van der Waals surface area contributed by atoms with Crippen molar-refractivity contribution in [1.29, 1.82) is 0 Å². The van der Waals surface area contributed by atoms with E-state index in [9.17, 15) is 0 Å². The lowest BCUT2D eigenvalue weighted by molar-refractivity contribution is 0.625. The molecule has 2 nitrogen and oxygen atoms in total. The van der Waals surface area contributed by atoms with E-state index in [0.29, 0.717) is 5.92 Å². The molecule has 0 aliphatic carbocycles. The Balaban J connectivity index is 2.25. The molecule has 1 atom stereocenters. The van der Waals surface area contributed by atoms with E-state index < -0.39 is 0 Å². The average molecular weight is 216 g/mol. The molecule has 0 aliphatic rings. The predicted molar refractivity (Wildman–Crippen MR) is 68.7 cm³/mol. The molecule has 0 amide bonds. The van der Waals surface area contributed by atoms with Gasteiger partial charge in [-0.3, -0.25) is 0 Å². The maximum atomic E-state index is 4.40. The van der Waals surface area contributed by atoms with Crippen LogP contribution in [0.25, 0.3) is 11.0 Å². The third-order valence-corrected chi connectivity index (χ3v) is 3.31. The van der Waals surface area contributed by atoms with Gasteiger partial charge in [-0.15, -0.1) is 0 Å². The van der Waals surface area contributed by atoms with E-state index in [4.69, 9.17) is 0 Å². The van der Waals surface area contributed by atoms with Crippen molar-refractivity contribution in [2.45, 2.75) is 39.0 Å². The largest absolute Gasteiger partial charge is 0.334 e. The first-order valence-corrected chi connectivity index (χ1v) is 6.13. The van der Waals surface area contributed by atoms with Gasteiger partial charge in [0.25, 0.3) is 0 Å². The van der Waals surface area contributed by atoms with Gasteiger partial charge in [-0.05, 0) is 30.0 Å². The highest BCUT2D eigenvalue weighted by Crippen LogP contribution is 2.24. The van der Waals surface area contributed by atoms with Crippen molar-refractivity contribution in [2.75, 3.05) is 0 Å². The standard InChI is InChI=1S/C14H20N2/c1-4-5-6-11(2)12-7-8-14-13(9-12)15-10-16(14)3/h7-11H,4-6H2,1-3H3. The van der Waals surface area contributed by atoms with Crippen LogP contribution >= 0.6 is 0 Å². The van der Waals surface area contributed by atoms with Crippen molar-refractivity contribution in [2.24, 2.45) is 7.05 Å². The molecule has 0 fully saturated rings. The van der Waals surface area contributed by atoms with E-state index in [1.807, 2.05) is 13.4 Å². The summed E-state index contributed by atoms with van der Waals surface area (Å²) in [5, 5.41) is 0. The van der Waals surface area contributed by atoms with Crippen LogP contribution in [0.15, 0.2) is 24.5 Å². The Morgan fingerprint density at radius 2 is 2.19 bits per heavy atom. The van der Waals surface area contributed by atoms with Gasteiger partial charge in [0.15, 0.2) is 0 Å². The first kappa shape index (κ1) is 11.2. The SMILES string of the molecule is CCCCC(C)c1ccc2c(c1)ncn2C. The molecule has 0 bridgehead atoms. The zero-order valence-electron chi connectivity index (χ0n) is 10.4. The Morgan fingerprint density at radius 1 is 1.38 bits per heavy atom. The van der Waals surface area contributed by atoms with Gasteiger partial charge in [0.1, 0.15) is 0 Å². The van der Waals surface area contributed by atoms with Gasteiger partial charge in [0.2, 0.25) is 0 Å². The van der Waals surface area contributed by atoms with E-state index in [1.165, 1.54) is 30.3 Å².